The van der Waals surface area contributed by atoms with E-state index in [9.17, 15) is 0 Å². The number of nitrogens with zero attached hydrogens (tertiary/aromatic N) is 2. The lowest BCUT2D eigenvalue weighted by atomic mass is 10.3. The van der Waals surface area contributed by atoms with Crippen LogP contribution in [0.25, 0.3) is 11.0 Å². The van der Waals surface area contributed by atoms with E-state index in [0.717, 1.165) is 14.9 Å². The summed E-state index contributed by atoms with van der Waals surface area (Å²) < 4.78 is 0.739. The minimum Gasteiger partial charge on any atom is -0.330 e. The fraction of sp³-hybridized carbons (Fsp3) is 0. The smallest absolute Gasteiger partial charge is 0.190 e. The van der Waals surface area contributed by atoms with Crippen LogP contribution in [0, 0.1) is 3.82 Å². The van der Waals surface area contributed by atoms with Crippen LogP contribution in [0.4, 0.5) is 10.8 Å². The van der Waals surface area contributed by atoms with E-state index in [1.807, 2.05) is 24.3 Å². The van der Waals surface area contributed by atoms with Gasteiger partial charge in [-0.15, -0.1) is 0 Å². The standard InChI is InChI=1S/C11H7ClN4S2/c12-7-3-1-2-4-8(7)14-11-15-9-6(5-13-16-9)10(17)18-11/h1-5H,(H2,13,14,15,16). The van der Waals surface area contributed by atoms with Crippen LogP contribution in [0.1, 0.15) is 0 Å². The lowest BCUT2D eigenvalue weighted by Crippen LogP contribution is -1.92. The number of benzene rings is 1. The number of para-hydroxylation sites is 1. The van der Waals surface area contributed by atoms with Crippen molar-refractivity contribution in [3.63, 3.8) is 0 Å². The van der Waals surface area contributed by atoms with Gasteiger partial charge in [0.25, 0.3) is 0 Å². The molecule has 3 rings (SSSR count). The molecular formula is C11H7ClN4S2. The van der Waals surface area contributed by atoms with Crippen molar-refractivity contribution in [1.82, 2.24) is 15.2 Å². The predicted molar refractivity (Wildman–Crippen MR) is 77.3 cm³/mol. The highest BCUT2D eigenvalue weighted by molar-refractivity contribution is 7.74. The molecule has 0 fully saturated rings. The first-order valence-corrected chi connectivity index (χ1v) is 6.70. The highest BCUT2D eigenvalue weighted by Gasteiger charge is 2.05. The number of aromatic nitrogens is 3. The molecule has 0 atom stereocenters. The van der Waals surface area contributed by atoms with Gasteiger partial charge < -0.3 is 5.32 Å². The van der Waals surface area contributed by atoms with Crippen LogP contribution in [0.5, 0.6) is 0 Å². The van der Waals surface area contributed by atoms with Gasteiger partial charge in [0.2, 0.25) is 0 Å². The summed E-state index contributed by atoms with van der Waals surface area (Å²) in [6, 6.07) is 7.48. The third kappa shape index (κ3) is 2.10. The Labute approximate surface area is 117 Å². The summed E-state index contributed by atoms with van der Waals surface area (Å²) >= 11 is 12.8. The number of aromatic amines is 1. The molecule has 7 heteroatoms. The van der Waals surface area contributed by atoms with Gasteiger partial charge >= 0.3 is 0 Å². The van der Waals surface area contributed by atoms with Crippen LogP contribution in [0.2, 0.25) is 5.02 Å². The van der Waals surface area contributed by atoms with Gasteiger partial charge in [-0.1, -0.05) is 47.3 Å². The van der Waals surface area contributed by atoms with E-state index in [2.05, 4.69) is 20.5 Å². The zero-order valence-corrected chi connectivity index (χ0v) is 11.4. The summed E-state index contributed by atoms with van der Waals surface area (Å²) in [6.07, 6.45) is 1.68. The molecule has 0 saturated carbocycles. The first-order valence-electron chi connectivity index (χ1n) is 5.10. The van der Waals surface area contributed by atoms with E-state index in [1.165, 1.54) is 11.3 Å². The van der Waals surface area contributed by atoms with Crippen molar-refractivity contribution in [3.8, 4) is 0 Å². The first kappa shape index (κ1) is 11.6. The Morgan fingerprint density at radius 1 is 1.33 bits per heavy atom. The average molecular weight is 295 g/mol. The van der Waals surface area contributed by atoms with E-state index in [0.29, 0.717) is 15.8 Å². The lowest BCUT2D eigenvalue weighted by Gasteiger charge is -2.06. The molecule has 1 aromatic carbocycles. The molecule has 0 unspecified atom stereocenters. The van der Waals surface area contributed by atoms with Crippen LogP contribution >= 0.6 is 35.2 Å². The largest absolute Gasteiger partial charge is 0.330 e. The molecule has 0 radical (unpaired) electrons. The Morgan fingerprint density at radius 2 is 2.17 bits per heavy atom. The summed E-state index contributed by atoms with van der Waals surface area (Å²) in [7, 11) is 0. The van der Waals surface area contributed by atoms with E-state index in [1.54, 1.807) is 6.20 Å². The predicted octanol–water partition coefficient (Wildman–Crippen LogP) is 4.15. The number of hydrogen-bond donors (Lipinski definition) is 2. The zero-order chi connectivity index (χ0) is 12.5. The maximum atomic E-state index is 6.08. The number of anilines is 2. The van der Waals surface area contributed by atoms with Crippen molar-refractivity contribution in [2.75, 3.05) is 5.32 Å². The third-order valence-corrected chi connectivity index (χ3v) is 3.95. The molecule has 0 bridgehead atoms. The summed E-state index contributed by atoms with van der Waals surface area (Å²) in [5.41, 5.74) is 1.48. The van der Waals surface area contributed by atoms with E-state index in [-0.39, 0.29) is 0 Å². The van der Waals surface area contributed by atoms with E-state index < -0.39 is 0 Å². The maximum absolute atomic E-state index is 6.08. The normalized spacial score (nSPS) is 10.7. The highest BCUT2D eigenvalue weighted by atomic mass is 35.5. The molecule has 0 aliphatic rings. The fourth-order valence-corrected chi connectivity index (χ4v) is 2.81. The van der Waals surface area contributed by atoms with Crippen molar-refractivity contribution < 1.29 is 0 Å². The second kappa shape index (κ2) is 4.64. The molecule has 2 N–H and O–H groups in total. The number of fused-ring (bicyclic) bond motifs is 1. The van der Waals surface area contributed by atoms with Gasteiger partial charge in [0.15, 0.2) is 10.8 Å². The van der Waals surface area contributed by atoms with Crippen LogP contribution < -0.4 is 5.32 Å². The van der Waals surface area contributed by atoms with Crippen molar-refractivity contribution in [2.24, 2.45) is 0 Å². The second-order valence-electron chi connectivity index (χ2n) is 3.54. The third-order valence-electron chi connectivity index (χ3n) is 2.36. The van der Waals surface area contributed by atoms with Crippen LogP contribution in [0.15, 0.2) is 30.5 Å². The van der Waals surface area contributed by atoms with Crippen LogP contribution in [0.3, 0.4) is 0 Å². The molecule has 0 spiro atoms. The monoisotopic (exact) mass is 294 g/mol. The lowest BCUT2D eigenvalue weighted by molar-refractivity contribution is 1.10. The number of H-pyrrole nitrogens is 1. The minimum atomic E-state index is 0.641. The van der Waals surface area contributed by atoms with E-state index in [4.69, 9.17) is 23.8 Å². The second-order valence-corrected chi connectivity index (χ2v) is 5.62. The van der Waals surface area contributed by atoms with Gasteiger partial charge in [0.1, 0.15) is 3.82 Å². The highest BCUT2D eigenvalue weighted by Crippen LogP contribution is 2.28. The number of halogens is 1. The Balaban J connectivity index is 2.05. The molecular weight excluding hydrogens is 288 g/mol. The summed E-state index contributed by atoms with van der Waals surface area (Å²) in [6.45, 7) is 0. The van der Waals surface area contributed by atoms with Gasteiger partial charge in [0.05, 0.1) is 22.3 Å². The zero-order valence-electron chi connectivity index (χ0n) is 8.98. The Bertz CT molecular complexity index is 765. The van der Waals surface area contributed by atoms with Gasteiger partial charge in [0, 0.05) is 0 Å². The van der Waals surface area contributed by atoms with Crippen LogP contribution in [-0.2, 0) is 0 Å². The first-order chi connectivity index (χ1) is 8.74. The fourth-order valence-electron chi connectivity index (χ4n) is 1.51. The van der Waals surface area contributed by atoms with Crippen LogP contribution in [-0.4, -0.2) is 15.2 Å². The topological polar surface area (TPSA) is 53.6 Å². The molecule has 4 nitrogen and oxygen atoms in total. The quantitative estimate of drug-likeness (QED) is 0.697. The Morgan fingerprint density at radius 3 is 3.00 bits per heavy atom. The maximum Gasteiger partial charge on any atom is 0.190 e. The Hall–Kier alpha value is -1.50. The number of nitrogens with one attached hydrogen (secondary N) is 2. The summed E-state index contributed by atoms with van der Waals surface area (Å²) in [5.74, 6) is 0. The van der Waals surface area contributed by atoms with Gasteiger partial charge in [-0.05, 0) is 12.1 Å². The molecule has 0 aliphatic carbocycles. The van der Waals surface area contributed by atoms with Crippen molar-refractivity contribution in [3.05, 3.63) is 39.3 Å². The average Bonchev–Trinajstić information content (AvgIpc) is 2.81. The molecule has 0 saturated heterocycles. The molecule has 3 aromatic rings. The summed E-state index contributed by atoms with van der Waals surface area (Å²) in [4.78, 5) is 4.40. The van der Waals surface area contributed by atoms with Crippen molar-refractivity contribution in [1.29, 1.82) is 0 Å². The molecule has 2 aromatic heterocycles. The number of hydrogen-bond acceptors (Lipinski definition) is 5. The molecule has 18 heavy (non-hydrogen) atoms. The van der Waals surface area contributed by atoms with Gasteiger partial charge in [-0.25, -0.2) is 4.98 Å². The van der Waals surface area contributed by atoms with Gasteiger partial charge in [-0.3, -0.25) is 5.10 Å². The van der Waals surface area contributed by atoms with E-state index >= 15 is 0 Å². The summed E-state index contributed by atoms with van der Waals surface area (Å²) in [5, 5.41) is 12.1. The molecule has 90 valence electrons. The van der Waals surface area contributed by atoms with Crippen molar-refractivity contribution >= 4 is 57.0 Å². The number of rotatable bonds is 2. The SMILES string of the molecule is S=c1sc(Nc2ccccc2Cl)nc2[nH]ncc12. The van der Waals surface area contributed by atoms with Gasteiger partial charge in [-0.2, -0.15) is 5.10 Å². The Kier molecular flexibility index (Phi) is 2.99. The molecule has 0 amide bonds. The molecule has 2 heterocycles. The molecule has 0 aliphatic heterocycles. The van der Waals surface area contributed by atoms with Crippen molar-refractivity contribution in [2.45, 2.75) is 0 Å². The minimum absolute atomic E-state index is 0.641.